The van der Waals surface area contributed by atoms with E-state index in [9.17, 15) is 5.11 Å². The number of piperazine rings is 1. The summed E-state index contributed by atoms with van der Waals surface area (Å²) in [5.41, 5.74) is 0.960. The van der Waals surface area contributed by atoms with E-state index in [4.69, 9.17) is 0 Å². The zero-order valence-electron chi connectivity index (χ0n) is 10.9. The second-order valence-electron chi connectivity index (χ2n) is 5.06. The highest BCUT2D eigenvalue weighted by atomic mass is 16.3. The van der Waals surface area contributed by atoms with E-state index < -0.39 is 0 Å². The van der Waals surface area contributed by atoms with Gasteiger partial charge >= 0.3 is 0 Å². The summed E-state index contributed by atoms with van der Waals surface area (Å²) < 4.78 is 1.78. The molecular weight excluding hydrogens is 216 g/mol. The van der Waals surface area contributed by atoms with Crippen LogP contribution in [0.5, 0.6) is 0 Å². The van der Waals surface area contributed by atoms with Gasteiger partial charge in [-0.2, -0.15) is 5.10 Å². The van der Waals surface area contributed by atoms with E-state index in [1.807, 2.05) is 19.3 Å². The lowest BCUT2D eigenvalue weighted by molar-refractivity contribution is 0.0148. The Balaban J connectivity index is 1.96. The molecule has 5 heteroatoms. The van der Waals surface area contributed by atoms with Crippen molar-refractivity contribution < 1.29 is 5.11 Å². The average Bonchev–Trinajstić information content (AvgIpc) is 2.67. The molecule has 0 aromatic carbocycles. The largest absolute Gasteiger partial charge is 0.391 e. The summed E-state index contributed by atoms with van der Waals surface area (Å²) >= 11 is 0. The van der Waals surface area contributed by atoms with Crippen LogP contribution in [0.4, 0.5) is 0 Å². The third kappa shape index (κ3) is 3.06. The summed E-state index contributed by atoms with van der Waals surface area (Å²) in [5.74, 6) is 0. The number of aliphatic hydroxyl groups excluding tert-OH is 1. The van der Waals surface area contributed by atoms with Crippen LogP contribution >= 0.6 is 0 Å². The van der Waals surface area contributed by atoms with Gasteiger partial charge in [-0.25, -0.2) is 0 Å². The van der Waals surface area contributed by atoms with Crippen LogP contribution in [0, 0.1) is 0 Å². The lowest BCUT2D eigenvalue weighted by atomic mass is 10.0. The SMILES string of the molecule is CN1CCN(C)C(C(O)Cc2ccn(C)n2)C1. The molecule has 0 aliphatic carbocycles. The van der Waals surface area contributed by atoms with Crippen molar-refractivity contribution in [2.45, 2.75) is 18.6 Å². The second kappa shape index (κ2) is 5.16. The van der Waals surface area contributed by atoms with Crippen LogP contribution in [0.15, 0.2) is 12.3 Å². The molecule has 1 aromatic rings. The maximum Gasteiger partial charge on any atom is 0.0763 e. The minimum atomic E-state index is -0.349. The Labute approximate surface area is 103 Å². The average molecular weight is 238 g/mol. The van der Waals surface area contributed by atoms with Crippen LogP contribution in [0.25, 0.3) is 0 Å². The van der Waals surface area contributed by atoms with Crippen LogP contribution in [0.3, 0.4) is 0 Å². The predicted octanol–water partition coefficient (Wildman–Crippen LogP) is -0.431. The molecule has 2 rings (SSSR count). The fourth-order valence-corrected chi connectivity index (χ4v) is 2.38. The second-order valence-corrected chi connectivity index (χ2v) is 5.06. The van der Waals surface area contributed by atoms with Crippen LogP contribution < -0.4 is 0 Å². The fraction of sp³-hybridized carbons (Fsp3) is 0.750. The Kier molecular flexibility index (Phi) is 3.81. The molecule has 17 heavy (non-hydrogen) atoms. The van der Waals surface area contributed by atoms with Crippen molar-refractivity contribution in [2.24, 2.45) is 7.05 Å². The standard InChI is InChI=1S/C12H22N4O/c1-14-6-7-15(2)11(9-14)12(17)8-10-4-5-16(3)13-10/h4-5,11-12,17H,6-9H2,1-3H3. The van der Waals surface area contributed by atoms with E-state index in [2.05, 4.69) is 29.0 Å². The van der Waals surface area contributed by atoms with Crippen LogP contribution in [0.2, 0.25) is 0 Å². The predicted molar refractivity (Wildman–Crippen MR) is 66.8 cm³/mol. The molecule has 5 nitrogen and oxygen atoms in total. The van der Waals surface area contributed by atoms with Crippen molar-refractivity contribution in [3.05, 3.63) is 18.0 Å². The summed E-state index contributed by atoms with van der Waals surface area (Å²) in [6, 6.07) is 2.17. The van der Waals surface area contributed by atoms with E-state index in [0.717, 1.165) is 25.3 Å². The summed E-state index contributed by atoms with van der Waals surface area (Å²) in [6.45, 7) is 3.01. The molecule has 2 heterocycles. The van der Waals surface area contributed by atoms with E-state index in [-0.39, 0.29) is 12.1 Å². The van der Waals surface area contributed by atoms with Crippen molar-refractivity contribution in [1.29, 1.82) is 0 Å². The zero-order chi connectivity index (χ0) is 12.4. The normalized spacial score (nSPS) is 25.1. The molecule has 1 saturated heterocycles. The zero-order valence-corrected chi connectivity index (χ0v) is 10.9. The van der Waals surface area contributed by atoms with E-state index >= 15 is 0 Å². The van der Waals surface area contributed by atoms with Crippen molar-refractivity contribution in [1.82, 2.24) is 19.6 Å². The first-order valence-corrected chi connectivity index (χ1v) is 6.11. The number of hydrogen-bond acceptors (Lipinski definition) is 4. The Bertz CT molecular complexity index is 365. The molecule has 2 atom stereocenters. The fourth-order valence-electron chi connectivity index (χ4n) is 2.38. The molecule has 1 fully saturated rings. The van der Waals surface area contributed by atoms with Crippen molar-refractivity contribution in [2.75, 3.05) is 33.7 Å². The lowest BCUT2D eigenvalue weighted by Gasteiger charge is -2.40. The van der Waals surface area contributed by atoms with Crippen LogP contribution in [-0.4, -0.2) is 70.6 Å². The molecule has 96 valence electrons. The van der Waals surface area contributed by atoms with Gasteiger partial charge in [0.25, 0.3) is 0 Å². The summed E-state index contributed by atoms with van der Waals surface area (Å²) in [4.78, 5) is 4.51. The van der Waals surface area contributed by atoms with Gasteiger partial charge in [-0.3, -0.25) is 9.58 Å². The van der Waals surface area contributed by atoms with Gasteiger partial charge < -0.3 is 10.0 Å². The molecule has 0 radical (unpaired) electrons. The molecule has 0 amide bonds. The molecule has 2 unspecified atom stereocenters. The number of likely N-dealkylation sites (N-methyl/N-ethyl adjacent to an activating group) is 2. The highest BCUT2D eigenvalue weighted by Gasteiger charge is 2.28. The molecule has 0 spiro atoms. The van der Waals surface area contributed by atoms with Gasteiger partial charge in [0.15, 0.2) is 0 Å². The maximum atomic E-state index is 10.3. The molecule has 1 aromatic heterocycles. The van der Waals surface area contributed by atoms with Crippen LogP contribution in [-0.2, 0) is 13.5 Å². The van der Waals surface area contributed by atoms with Gasteiger partial charge in [-0.1, -0.05) is 0 Å². The minimum absolute atomic E-state index is 0.204. The molecule has 0 bridgehead atoms. The molecule has 1 aliphatic rings. The van der Waals surface area contributed by atoms with Gasteiger partial charge in [-0.15, -0.1) is 0 Å². The molecular formula is C12H22N4O. The smallest absolute Gasteiger partial charge is 0.0763 e. The first kappa shape index (κ1) is 12.5. The highest BCUT2D eigenvalue weighted by Crippen LogP contribution is 2.13. The van der Waals surface area contributed by atoms with Crippen molar-refractivity contribution in [3.8, 4) is 0 Å². The van der Waals surface area contributed by atoms with E-state index in [1.165, 1.54) is 0 Å². The quantitative estimate of drug-likeness (QED) is 0.776. The number of aromatic nitrogens is 2. The number of nitrogens with zero attached hydrogens (tertiary/aromatic N) is 4. The van der Waals surface area contributed by atoms with Gasteiger partial charge in [0.1, 0.15) is 0 Å². The van der Waals surface area contributed by atoms with E-state index in [1.54, 1.807) is 4.68 Å². The number of rotatable bonds is 3. The monoisotopic (exact) mass is 238 g/mol. The minimum Gasteiger partial charge on any atom is -0.391 e. The molecule has 1 aliphatic heterocycles. The molecule has 0 saturated carbocycles. The van der Waals surface area contributed by atoms with Crippen LogP contribution in [0.1, 0.15) is 5.69 Å². The lowest BCUT2D eigenvalue weighted by Crippen LogP contribution is -2.55. The van der Waals surface area contributed by atoms with Crippen molar-refractivity contribution in [3.63, 3.8) is 0 Å². The topological polar surface area (TPSA) is 44.5 Å². The Hall–Kier alpha value is -0.910. The van der Waals surface area contributed by atoms with Gasteiger partial charge in [-0.05, 0) is 20.2 Å². The first-order valence-electron chi connectivity index (χ1n) is 6.11. The van der Waals surface area contributed by atoms with Crippen molar-refractivity contribution >= 4 is 0 Å². The number of aliphatic hydroxyl groups is 1. The Morgan fingerprint density at radius 1 is 1.41 bits per heavy atom. The Morgan fingerprint density at radius 3 is 2.82 bits per heavy atom. The Morgan fingerprint density at radius 2 is 2.18 bits per heavy atom. The number of aryl methyl sites for hydroxylation is 1. The third-order valence-electron chi connectivity index (χ3n) is 3.53. The first-order chi connectivity index (χ1) is 8.06. The summed E-state index contributed by atoms with van der Waals surface area (Å²) in [6.07, 6.45) is 2.19. The maximum absolute atomic E-state index is 10.3. The molecule has 1 N–H and O–H groups in total. The summed E-state index contributed by atoms with van der Waals surface area (Å²) in [7, 11) is 6.09. The van der Waals surface area contributed by atoms with Gasteiger partial charge in [0.05, 0.1) is 11.8 Å². The van der Waals surface area contributed by atoms with Gasteiger partial charge in [0, 0.05) is 45.3 Å². The number of hydrogen-bond donors (Lipinski definition) is 1. The van der Waals surface area contributed by atoms with Gasteiger partial charge in [0.2, 0.25) is 0 Å². The third-order valence-corrected chi connectivity index (χ3v) is 3.53. The van der Waals surface area contributed by atoms with E-state index in [0.29, 0.717) is 6.42 Å². The summed E-state index contributed by atoms with van der Waals surface area (Å²) in [5, 5.41) is 14.6. The highest BCUT2D eigenvalue weighted by molar-refractivity contribution is 5.02.